The number of benzene rings is 1. The Morgan fingerprint density at radius 1 is 1.46 bits per heavy atom. The summed E-state index contributed by atoms with van der Waals surface area (Å²) in [5.41, 5.74) is 0.958. The molecule has 1 fully saturated rings. The predicted molar refractivity (Wildman–Crippen MR) is 104 cm³/mol. The van der Waals surface area contributed by atoms with Gasteiger partial charge in [-0.2, -0.15) is 0 Å². The van der Waals surface area contributed by atoms with Crippen molar-refractivity contribution >= 4 is 38.3 Å². The lowest BCUT2D eigenvalue weighted by Gasteiger charge is -2.29. The maximum absolute atomic E-state index is 13.7. The van der Waals surface area contributed by atoms with E-state index < -0.39 is 5.82 Å². The van der Waals surface area contributed by atoms with Crippen LogP contribution in [-0.4, -0.2) is 35.5 Å². The first-order chi connectivity index (χ1) is 12.5. The molecule has 1 amide bonds. The van der Waals surface area contributed by atoms with Crippen LogP contribution in [0.5, 0.6) is 5.75 Å². The molecule has 1 aromatic carbocycles. The van der Waals surface area contributed by atoms with Crippen molar-refractivity contribution < 1.29 is 13.9 Å². The second kappa shape index (κ2) is 8.92. The van der Waals surface area contributed by atoms with Crippen LogP contribution in [0, 0.1) is 11.7 Å². The summed E-state index contributed by atoms with van der Waals surface area (Å²) in [6.45, 7) is 5.01. The highest BCUT2D eigenvalue weighted by atomic mass is 79.9. The zero-order valence-electron chi connectivity index (χ0n) is 14.5. The fourth-order valence-corrected chi connectivity index (χ4v) is 3.83. The molecular formula is C18H21BrFN3O2S. The molecule has 26 heavy (non-hydrogen) atoms. The van der Waals surface area contributed by atoms with Crippen LogP contribution in [0.1, 0.15) is 25.5 Å². The molecule has 0 atom stereocenters. The molecule has 2 heterocycles. The molecule has 0 spiro atoms. The largest absolute Gasteiger partial charge is 0.481 e. The van der Waals surface area contributed by atoms with E-state index in [2.05, 4.69) is 38.1 Å². The minimum atomic E-state index is -0.514. The second-order valence-electron chi connectivity index (χ2n) is 6.51. The molecule has 1 aromatic heterocycles. The van der Waals surface area contributed by atoms with Crippen molar-refractivity contribution in [2.45, 2.75) is 26.3 Å². The number of likely N-dealkylation sites (tertiary alicyclic amines) is 1. The van der Waals surface area contributed by atoms with E-state index in [9.17, 15) is 9.18 Å². The average Bonchev–Trinajstić information content (AvgIpc) is 3.03. The quantitative estimate of drug-likeness (QED) is 0.725. The topological polar surface area (TPSA) is 54.5 Å². The van der Waals surface area contributed by atoms with E-state index >= 15 is 0 Å². The molecule has 8 heteroatoms. The fraction of sp³-hybridized carbons (Fsp3) is 0.444. The predicted octanol–water partition coefficient (Wildman–Crippen LogP) is 4.29. The van der Waals surface area contributed by atoms with Gasteiger partial charge in [-0.25, -0.2) is 9.37 Å². The van der Waals surface area contributed by atoms with Crippen molar-refractivity contribution in [1.29, 1.82) is 0 Å². The molecule has 0 saturated carbocycles. The molecule has 140 valence electrons. The molecule has 1 aliphatic heterocycles. The number of nitrogens with one attached hydrogen (secondary N) is 1. The van der Waals surface area contributed by atoms with Gasteiger partial charge in [0.2, 0.25) is 0 Å². The fourth-order valence-electron chi connectivity index (χ4n) is 2.78. The van der Waals surface area contributed by atoms with E-state index in [-0.39, 0.29) is 18.3 Å². The first-order valence-corrected chi connectivity index (χ1v) is 10.2. The zero-order chi connectivity index (χ0) is 18.5. The number of carbonyl (C=O) groups is 1. The van der Waals surface area contributed by atoms with Gasteiger partial charge >= 0.3 is 0 Å². The number of piperidine rings is 1. The summed E-state index contributed by atoms with van der Waals surface area (Å²) in [4.78, 5) is 18.8. The first kappa shape index (κ1) is 19.3. The van der Waals surface area contributed by atoms with Gasteiger partial charge in [-0.15, -0.1) is 11.3 Å². The van der Waals surface area contributed by atoms with Crippen molar-refractivity contribution in [2.24, 2.45) is 5.92 Å². The normalized spacial score (nSPS) is 15.8. The minimum absolute atomic E-state index is 0.0440. The van der Waals surface area contributed by atoms with E-state index in [1.165, 1.54) is 36.3 Å². The van der Waals surface area contributed by atoms with Gasteiger partial charge in [0, 0.05) is 16.4 Å². The molecule has 0 unspecified atom stereocenters. The van der Waals surface area contributed by atoms with Crippen LogP contribution in [0.15, 0.2) is 28.1 Å². The van der Waals surface area contributed by atoms with E-state index in [1.807, 2.05) is 5.38 Å². The van der Waals surface area contributed by atoms with Gasteiger partial charge < -0.3 is 4.74 Å². The molecule has 0 bridgehead atoms. The van der Waals surface area contributed by atoms with Crippen LogP contribution in [0.25, 0.3) is 0 Å². The highest BCUT2D eigenvalue weighted by Gasteiger charge is 2.17. The number of aromatic nitrogens is 1. The van der Waals surface area contributed by atoms with Crippen LogP contribution in [-0.2, 0) is 11.3 Å². The van der Waals surface area contributed by atoms with Gasteiger partial charge in [0.25, 0.3) is 5.91 Å². The Hall–Kier alpha value is -1.51. The third-order valence-corrected chi connectivity index (χ3v) is 5.61. The summed E-state index contributed by atoms with van der Waals surface area (Å²) in [6, 6.07) is 4.43. The number of hydrogen-bond acceptors (Lipinski definition) is 5. The number of amides is 1. The number of ether oxygens (including phenoxy) is 1. The van der Waals surface area contributed by atoms with Crippen molar-refractivity contribution in [2.75, 3.05) is 25.0 Å². The Bertz CT molecular complexity index is 763. The van der Waals surface area contributed by atoms with Gasteiger partial charge in [-0.3, -0.25) is 15.0 Å². The minimum Gasteiger partial charge on any atom is -0.481 e. The Morgan fingerprint density at radius 3 is 2.96 bits per heavy atom. The Balaban J connectivity index is 1.46. The number of halogens is 2. The Morgan fingerprint density at radius 2 is 2.23 bits per heavy atom. The number of anilines is 1. The summed E-state index contributed by atoms with van der Waals surface area (Å²) in [7, 11) is 0. The number of carbonyl (C=O) groups excluding carboxylic acids is 1. The number of thiazole rings is 1. The van der Waals surface area contributed by atoms with Crippen LogP contribution >= 0.6 is 27.3 Å². The number of rotatable bonds is 6. The molecular weight excluding hydrogens is 421 g/mol. The maximum atomic E-state index is 13.7. The number of nitrogens with zero attached hydrogens (tertiary/aromatic N) is 2. The standard InChI is InChI=1S/C18H21BrFN3O2S/c1-12-4-6-23(7-5-12)9-14-11-26-18(21-14)22-17(24)10-25-16-3-2-13(19)8-15(16)20/h2-3,8,11-12H,4-7,9-10H2,1H3,(H,21,22,24). The molecule has 1 saturated heterocycles. The van der Waals surface area contributed by atoms with Gasteiger partial charge in [-0.1, -0.05) is 22.9 Å². The highest BCUT2D eigenvalue weighted by molar-refractivity contribution is 9.10. The molecule has 2 aromatic rings. The van der Waals surface area contributed by atoms with E-state index in [0.717, 1.165) is 31.2 Å². The van der Waals surface area contributed by atoms with Crippen LogP contribution in [0.3, 0.4) is 0 Å². The summed E-state index contributed by atoms with van der Waals surface area (Å²) in [6.07, 6.45) is 2.44. The van der Waals surface area contributed by atoms with Crippen molar-refractivity contribution in [3.05, 3.63) is 39.6 Å². The smallest absolute Gasteiger partial charge is 0.264 e. The molecule has 1 N–H and O–H groups in total. The summed E-state index contributed by atoms with van der Waals surface area (Å²) in [5, 5.41) is 5.20. The monoisotopic (exact) mass is 441 g/mol. The van der Waals surface area contributed by atoms with Gasteiger partial charge in [0.1, 0.15) is 0 Å². The molecule has 0 aliphatic carbocycles. The van der Waals surface area contributed by atoms with E-state index in [0.29, 0.717) is 9.60 Å². The lowest BCUT2D eigenvalue weighted by molar-refractivity contribution is -0.118. The van der Waals surface area contributed by atoms with Gasteiger partial charge in [0.05, 0.1) is 5.69 Å². The third-order valence-electron chi connectivity index (χ3n) is 4.31. The van der Waals surface area contributed by atoms with Crippen LogP contribution < -0.4 is 10.1 Å². The third kappa shape index (κ3) is 5.49. The Labute approximate surface area is 164 Å². The molecule has 0 radical (unpaired) electrons. The molecule has 3 rings (SSSR count). The van der Waals surface area contributed by atoms with Crippen LogP contribution in [0.4, 0.5) is 9.52 Å². The van der Waals surface area contributed by atoms with Crippen molar-refractivity contribution in [1.82, 2.24) is 9.88 Å². The van der Waals surface area contributed by atoms with Gasteiger partial charge in [0.15, 0.2) is 23.3 Å². The highest BCUT2D eigenvalue weighted by Crippen LogP contribution is 2.22. The number of hydrogen-bond donors (Lipinski definition) is 1. The van der Waals surface area contributed by atoms with E-state index in [4.69, 9.17) is 4.74 Å². The summed E-state index contributed by atoms with van der Waals surface area (Å²) < 4.78 is 19.5. The molecule has 5 nitrogen and oxygen atoms in total. The van der Waals surface area contributed by atoms with E-state index in [1.54, 1.807) is 6.07 Å². The zero-order valence-corrected chi connectivity index (χ0v) is 16.9. The molecule has 1 aliphatic rings. The average molecular weight is 442 g/mol. The first-order valence-electron chi connectivity index (χ1n) is 8.54. The summed E-state index contributed by atoms with van der Waals surface area (Å²) in [5.74, 6) is -0.0332. The van der Waals surface area contributed by atoms with Crippen molar-refractivity contribution in [3.63, 3.8) is 0 Å². The second-order valence-corrected chi connectivity index (χ2v) is 8.29. The van der Waals surface area contributed by atoms with Crippen molar-refractivity contribution in [3.8, 4) is 5.75 Å². The SMILES string of the molecule is CC1CCN(Cc2csc(NC(=O)COc3ccc(Br)cc3F)n2)CC1. The summed E-state index contributed by atoms with van der Waals surface area (Å²) >= 11 is 4.56. The van der Waals surface area contributed by atoms with Crippen LogP contribution in [0.2, 0.25) is 0 Å². The van der Waals surface area contributed by atoms with Gasteiger partial charge in [-0.05, 0) is 50.0 Å². The Kier molecular flexibility index (Phi) is 6.61. The lowest BCUT2D eigenvalue weighted by Crippen LogP contribution is -2.32. The lowest BCUT2D eigenvalue weighted by atomic mass is 9.99. The maximum Gasteiger partial charge on any atom is 0.264 e.